The van der Waals surface area contributed by atoms with Crippen molar-refractivity contribution in [2.45, 2.75) is 116 Å². The van der Waals surface area contributed by atoms with Gasteiger partial charge in [0.25, 0.3) is 0 Å². The summed E-state index contributed by atoms with van der Waals surface area (Å²) in [6, 6.07) is 1.03. The minimum atomic E-state index is 0.0853. The Balaban J connectivity index is 1.27. The summed E-state index contributed by atoms with van der Waals surface area (Å²) in [6.45, 7) is 11.2. The highest BCUT2D eigenvalue weighted by Crippen LogP contribution is 2.65. The van der Waals surface area contributed by atoms with Crippen LogP contribution in [-0.4, -0.2) is 30.3 Å². The molecule has 31 heavy (non-hydrogen) atoms. The Morgan fingerprint density at radius 3 is 2.74 bits per heavy atom. The van der Waals surface area contributed by atoms with Crippen molar-refractivity contribution >= 4 is 0 Å². The third-order valence-corrected chi connectivity index (χ3v) is 11.7. The molecule has 6 aliphatic rings. The van der Waals surface area contributed by atoms with Crippen molar-refractivity contribution in [3.05, 3.63) is 11.1 Å². The Labute approximate surface area is 190 Å². The van der Waals surface area contributed by atoms with Gasteiger partial charge < -0.3 is 15.8 Å². The maximum atomic E-state index is 7.04. The monoisotopic (exact) mass is 426 g/mol. The van der Waals surface area contributed by atoms with Gasteiger partial charge in [-0.1, -0.05) is 31.9 Å². The molecule has 4 aliphatic carbocycles. The van der Waals surface area contributed by atoms with Gasteiger partial charge in [0.2, 0.25) is 0 Å². The first-order valence-electron chi connectivity index (χ1n) is 13.7. The number of ether oxygens (including phenoxy) is 1. The van der Waals surface area contributed by atoms with Gasteiger partial charge in [-0.25, -0.2) is 0 Å². The molecule has 6 rings (SSSR count). The van der Waals surface area contributed by atoms with Crippen LogP contribution in [0.3, 0.4) is 0 Å². The Bertz CT molecular complexity index is 762. The first-order chi connectivity index (χ1) is 14.8. The summed E-state index contributed by atoms with van der Waals surface area (Å²) in [5, 5.41) is 3.87. The molecule has 0 bridgehead atoms. The summed E-state index contributed by atoms with van der Waals surface area (Å²) in [4.78, 5) is 0. The van der Waals surface area contributed by atoms with Gasteiger partial charge in [-0.3, -0.25) is 0 Å². The SMILES string of the molecule is CC1=C2C[C@H]3[C@@H](CC[C@@H]4C[C@@H](N)CC[C@@]43C)[C@@H]2CC[C@@]2(C1)O[C@@H]1C[C@H](C)CNC1[C@H]2C. The molecule has 2 aliphatic heterocycles. The number of hydrogen-bond donors (Lipinski definition) is 2. The zero-order valence-electron chi connectivity index (χ0n) is 20.5. The maximum absolute atomic E-state index is 7.04. The quantitative estimate of drug-likeness (QED) is 0.507. The van der Waals surface area contributed by atoms with Crippen LogP contribution < -0.4 is 11.1 Å². The highest BCUT2D eigenvalue weighted by atomic mass is 16.5. The number of fused-ring (bicyclic) bond motifs is 6. The van der Waals surface area contributed by atoms with Gasteiger partial charge in [0, 0.05) is 18.0 Å². The summed E-state index contributed by atoms with van der Waals surface area (Å²) in [5.41, 5.74) is 10.6. The predicted octanol–water partition coefficient (Wildman–Crippen LogP) is 5.44. The molecular formula is C28H46N2O. The number of hydrogen-bond acceptors (Lipinski definition) is 3. The molecule has 11 atom stereocenters. The van der Waals surface area contributed by atoms with Gasteiger partial charge in [0.05, 0.1) is 11.7 Å². The van der Waals surface area contributed by atoms with Crippen molar-refractivity contribution in [1.82, 2.24) is 5.32 Å². The second kappa shape index (κ2) is 7.31. The first-order valence-corrected chi connectivity index (χ1v) is 13.7. The molecule has 3 nitrogen and oxygen atoms in total. The number of allylic oxidation sites excluding steroid dienone is 1. The fourth-order valence-corrected chi connectivity index (χ4v) is 9.86. The molecule has 5 fully saturated rings. The van der Waals surface area contributed by atoms with Crippen molar-refractivity contribution in [2.24, 2.45) is 46.7 Å². The van der Waals surface area contributed by atoms with Crippen molar-refractivity contribution in [2.75, 3.05) is 6.54 Å². The molecule has 2 heterocycles. The molecule has 3 N–H and O–H groups in total. The lowest BCUT2D eigenvalue weighted by Gasteiger charge is -2.54. The minimum Gasteiger partial charge on any atom is -0.369 e. The molecule has 1 spiro atoms. The standard InChI is InChI=1S/C28H46N2O/c1-16-11-25-26(30-15-16)18(3)28(31-25)10-8-21-22-6-5-19-12-20(29)7-9-27(19,4)24(22)13-23(21)17(2)14-28/h16,18-22,24-26,30H,5-15,29H2,1-4H3/t16-,18+,19+,20-,21-,22-,24-,25+,26?,27-,28-/m0/s1. The van der Waals surface area contributed by atoms with E-state index in [1.54, 1.807) is 5.57 Å². The van der Waals surface area contributed by atoms with E-state index in [0.29, 0.717) is 29.5 Å². The van der Waals surface area contributed by atoms with Crippen molar-refractivity contribution in [1.29, 1.82) is 0 Å². The summed E-state index contributed by atoms with van der Waals surface area (Å²) < 4.78 is 7.04. The summed E-state index contributed by atoms with van der Waals surface area (Å²) >= 11 is 0. The molecule has 2 saturated heterocycles. The molecule has 0 radical (unpaired) electrons. The molecule has 1 unspecified atom stereocenters. The summed E-state index contributed by atoms with van der Waals surface area (Å²) in [5.74, 6) is 4.92. The van der Waals surface area contributed by atoms with Crippen molar-refractivity contribution in [3.63, 3.8) is 0 Å². The van der Waals surface area contributed by atoms with Crippen LogP contribution in [0, 0.1) is 40.9 Å². The fraction of sp³-hybridized carbons (Fsp3) is 0.929. The van der Waals surface area contributed by atoms with Gasteiger partial charge in [-0.2, -0.15) is 0 Å². The smallest absolute Gasteiger partial charge is 0.0765 e. The van der Waals surface area contributed by atoms with Crippen LogP contribution >= 0.6 is 0 Å². The third kappa shape index (κ3) is 3.08. The maximum Gasteiger partial charge on any atom is 0.0765 e. The van der Waals surface area contributed by atoms with E-state index in [0.717, 1.165) is 29.6 Å². The van der Waals surface area contributed by atoms with E-state index in [2.05, 4.69) is 33.0 Å². The molecule has 0 amide bonds. The predicted molar refractivity (Wildman–Crippen MR) is 127 cm³/mol. The first kappa shape index (κ1) is 21.2. The van der Waals surface area contributed by atoms with Crippen LogP contribution in [0.2, 0.25) is 0 Å². The van der Waals surface area contributed by atoms with Gasteiger partial charge in [-0.05, 0) is 113 Å². The Morgan fingerprint density at radius 2 is 1.90 bits per heavy atom. The van der Waals surface area contributed by atoms with E-state index in [9.17, 15) is 0 Å². The topological polar surface area (TPSA) is 47.3 Å². The third-order valence-electron chi connectivity index (χ3n) is 11.7. The lowest BCUT2D eigenvalue weighted by molar-refractivity contribution is -0.0745. The zero-order valence-corrected chi connectivity index (χ0v) is 20.5. The second-order valence-electron chi connectivity index (χ2n) is 13.2. The average Bonchev–Trinajstić information content (AvgIpc) is 3.19. The van der Waals surface area contributed by atoms with E-state index in [1.807, 2.05) is 5.57 Å². The zero-order chi connectivity index (χ0) is 21.5. The Morgan fingerprint density at radius 1 is 1.06 bits per heavy atom. The Hall–Kier alpha value is -0.380. The van der Waals surface area contributed by atoms with Crippen LogP contribution in [0.1, 0.15) is 91.9 Å². The van der Waals surface area contributed by atoms with E-state index >= 15 is 0 Å². The molecule has 0 aromatic heterocycles. The van der Waals surface area contributed by atoms with Gasteiger partial charge >= 0.3 is 0 Å². The Kier molecular flexibility index (Phi) is 4.99. The van der Waals surface area contributed by atoms with E-state index < -0.39 is 0 Å². The van der Waals surface area contributed by atoms with Crippen molar-refractivity contribution < 1.29 is 4.74 Å². The molecule has 3 saturated carbocycles. The fourth-order valence-electron chi connectivity index (χ4n) is 9.86. The lowest BCUT2D eigenvalue weighted by atomic mass is 9.52. The molecule has 174 valence electrons. The lowest BCUT2D eigenvalue weighted by Crippen LogP contribution is -2.49. The molecule has 0 aromatic carbocycles. The van der Waals surface area contributed by atoms with E-state index in [1.165, 1.54) is 70.8 Å². The van der Waals surface area contributed by atoms with Crippen LogP contribution in [0.5, 0.6) is 0 Å². The average molecular weight is 427 g/mol. The highest BCUT2D eigenvalue weighted by molar-refractivity contribution is 5.29. The molecular weight excluding hydrogens is 380 g/mol. The van der Waals surface area contributed by atoms with E-state index in [4.69, 9.17) is 10.5 Å². The molecule has 0 aromatic rings. The van der Waals surface area contributed by atoms with Gasteiger partial charge in [0.1, 0.15) is 0 Å². The second-order valence-corrected chi connectivity index (χ2v) is 13.2. The summed E-state index contributed by atoms with van der Waals surface area (Å²) in [7, 11) is 0. The largest absolute Gasteiger partial charge is 0.369 e. The minimum absolute atomic E-state index is 0.0853. The van der Waals surface area contributed by atoms with Gasteiger partial charge in [0.15, 0.2) is 0 Å². The van der Waals surface area contributed by atoms with Crippen LogP contribution in [0.25, 0.3) is 0 Å². The number of nitrogens with two attached hydrogens (primary N) is 1. The number of piperidine rings is 1. The highest BCUT2D eigenvalue weighted by Gasteiger charge is 2.59. The van der Waals surface area contributed by atoms with E-state index in [-0.39, 0.29) is 5.60 Å². The van der Waals surface area contributed by atoms with Crippen LogP contribution in [0.4, 0.5) is 0 Å². The molecule has 3 heteroatoms. The van der Waals surface area contributed by atoms with Crippen LogP contribution in [0.15, 0.2) is 11.1 Å². The number of nitrogens with one attached hydrogen (secondary N) is 1. The van der Waals surface area contributed by atoms with Crippen molar-refractivity contribution in [3.8, 4) is 0 Å². The van der Waals surface area contributed by atoms with Gasteiger partial charge in [-0.15, -0.1) is 0 Å². The summed E-state index contributed by atoms with van der Waals surface area (Å²) in [6.07, 6.45) is 13.7. The van der Waals surface area contributed by atoms with Crippen LogP contribution in [-0.2, 0) is 4.74 Å². The normalized spacial score (nSPS) is 56.6. The number of rotatable bonds is 0.